The first-order valence-electron chi connectivity index (χ1n) is 11.0. The summed E-state index contributed by atoms with van der Waals surface area (Å²) in [4.78, 5) is 19.0. The molecule has 1 saturated heterocycles. The smallest absolute Gasteiger partial charge is 0.394 e. The number of amidine groups is 1. The number of hydrogen-bond acceptors (Lipinski definition) is 6. The molecule has 5 rings (SSSR count). The molecular formula is C24H20ClF3N4O3S. The van der Waals surface area contributed by atoms with Gasteiger partial charge in [0, 0.05) is 17.0 Å². The summed E-state index contributed by atoms with van der Waals surface area (Å²) in [6.07, 6.45) is -1.24. The number of carbonyl (C=O) groups excluding carboxylic acids is 1. The average Bonchev–Trinajstić information content (AvgIpc) is 3.42. The molecule has 0 saturated carbocycles. The molecule has 0 spiro atoms. The minimum atomic E-state index is -4.53. The minimum Gasteiger partial charge on any atom is -0.394 e. The number of ether oxygens (including phenoxy) is 1. The molecule has 2 aromatic carbocycles. The van der Waals surface area contributed by atoms with Gasteiger partial charge in [-0.1, -0.05) is 23.7 Å². The Morgan fingerprint density at radius 1 is 1.25 bits per heavy atom. The quantitative estimate of drug-likeness (QED) is 0.497. The molecule has 188 valence electrons. The zero-order chi connectivity index (χ0) is 25.4. The number of halogens is 4. The van der Waals surface area contributed by atoms with E-state index < -0.39 is 11.7 Å². The van der Waals surface area contributed by atoms with Gasteiger partial charge in [-0.2, -0.15) is 23.3 Å². The average molecular weight is 537 g/mol. The van der Waals surface area contributed by atoms with Gasteiger partial charge in [-0.25, -0.2) is 0 Å². The Kier molecular flexibility index (Phi) is 6.82. The molecule has 0 aliphatic carbocycles. The van der Waals surface area contributed by atoms with Crippen LogP contribution >= 0.6 is 23.4 Å². The Hall–Kier alpha value is -2.86. The van der Waals surface area contributed by atoms with Crippen LogP contribution in [-0.2, 0) is 22.3 Å². The number of aliphatic hydroxyl groups excluding tert-OH is 1. The Morgan fingerprint density at radius 3 is 2.86 bits per heavy atom. The van der Waals surface area contributed by atoms with Gasteiger partial charge in [0.15, 0.2) is 5.17 Å². The van der Waals surface area contributed by atoms with Gasteiger partial charge in [0.25, 0.3) is 5.91 Å². The van der Waals surface area contributed by atoms with Crippen molar-refractivity contribution >= 4 is 51.4 Å². The van der Waals surface area contributed by atoms with E-state index in [2.05, 4.69) is 10.1 Å². The van der Waals surface area contributed by atoms with Gasteiger partial charge >= 0.3 is 6.18 Å². The molecule has 1 N–H and O–H groups in total. The summed E-state index contributed by atoms with van der Waals surface area (Å²) in [5.41, 5.74) is 0.653. The Morgan fingerprint density at radius 2 is 2.08 bits per heavy atom. The van der Waals surface area contributed by atoms with Crippen LogP contribution < -0.4 is 0 Å². The summed E-state index contributed by atoms with van der Waals surface area (Å²) in [6.45, 7) is 1.21. The summed E-state index contributed by atoms with van der Waals surface area (Å²) >= 11 is 7.02. The Balaban J connectivity index is 1.37. The Labute approximate surface area is 213 Å². The minimum absolute atomic E-state index is 0.0149. The first-order chi connectivity index (χ1) is 17.2. The van der Waals surface area contributed by atoms with E-state index in [-0.39, 0.29) is 35.7 Å². The van der Waals surface area contributed by atoms with E-state index in [1.807, 2.05) is 11.0 Å². The number of benzene rings is 2. The van der Waals surface area contributed by atoms with Crippen LogP contribution in [0.3, 0.4) is 0 Å². The number of rotatable bonds is 4. The van der Waals surface area contributed by atoms with Crippen molar-refractivity contribution < 1.29 is 27.8 Å². The zero-order valence-electron chi connectivity index (χ0n) is 18.7. The number of aliphatic imine (C=N–C) groups is 1. The molecule has 2 aliphatic heterocycles. The number of carbonyl (C=O) groups is 1. The van der Waals surface area contributed by atoms with Crippen molar-refractivity contribution in [2.75, 3.05) is 26.4 Å². The molecule has 3 heterocycles. The number of aliphatic hydroxyl groups is 1. The molecule has 1 atom stereocenters. The SMILES string of the molecule is O=C1N=C(N2CCOCC2CO)S/C1=C\c1ccc2c(cnn2Cc2ccc(Cl)cc2C(F)(F)F)c1. The number of morpholine rings is 1. The third kappa shape index (κ3) is 5.01. The lowest BCUT2D eigenvalue weighted by atomic mass is 10.1. The number of fused-ring (bicyclic) bond motifs is 1. The van der Waals surface area contributed by atoms with Crippen molar-refractivity contribution in [3.8, 4) is 0 Å². The summed E-state index contributed by atoms with van der Waals surface area (Å²) in [5.74, 6) is -0.364. The highest BCUT2D eigenvalue weighted by molar-refractivity contribution is 8.18. The van der Waals surface area contributed by atoms with Crippen molar-refractivity contribution in [2.45, 2.75) is 18.8 Å². The molecule has 7 nitrogen and oxygen atoms in total. The second-order valence-corrected chi connectivity index (χ2v) is 9.78. The molecule has 1 aromatic heterocycles. The molecule has 1 unspecified atom stereocenters. The largest absolute Gasteiger partial charge is 0.416 e. The van der Waals surface area contributed by atoms with Crippen LogP contribution in [0, 0.1) is 0 Å². The van der Waals surface area contributed by atoms with E-state index in [0.717, 1.165) is 17.0 Å². The lowest BCUT2D eigenvalue weighted by Crippen LogP contribution is -2.49. The molecule has 3 aromatic rings. The maximum Gasteiger partial charge on any atom is 0.416 e. The topological polar surface area (TPSA) is 80.0 Å². The van der Waals surface area contributed by atoms with Crippen LogP contribution in [0.4, 0.5) is 13.2 Å². The van der Waals surface area contributed by atoms with Crippen LogP contribution in [0.15, 0.2) is 52.5 Å². The predicted octanol–water partition coefficient (Wildman–Crippen LogP) is 4.42. The fraction of sp³-hybridized carbons (Fsp3) is 0.292. The Bertz CT molecular complexity index is 1390. The number of aromatic nitrogens is 2. The third-order valence-corrected chi connectivity index (χ3v) is 7.21. The number of alkyl halides is 3. The van der Waals surface area contributed by atoms with Crippen molar-refractivity contribution in [1.82, 2.24) is 14.7 Å². The van der Waals surface area contributed by atoms with E-state index in [1.165, 1.54) is 28.6 Å². The second kappa shape index (κ2) is 9.89. The monoisotopic (exact) mass is 536 g/mol. The van der Waals surface area contributed by atoms with Crippen molar-refractivity contribution in [1.29, 1.82) is 0 Å². The van der Waals surface area contributed by atoms with E-state index in [4.69, 9.17) is 16.3 Å². The normalized spacial score (nSPS) is 20.0. The summed E-state index contributed by atoms with van der Waals surface area (Å²) in [5, 5.41) is 15.1. The first-order valence-corrected chi connectivity index (χ1v) is 12.2. The molecule has 36 heavy (non-hydrogen) atoms. The molecule has 12 heteroatoms. The highest BCUT2D eigenvalue weighted by atomic mass is 35.5. The fourth-order valence-corrected chi connectivity index (χ4v) is 5.35. The highest BCUT2D eigenvalue weighted by Crippen LogP contribution is 2.35. The number of thioether (sulfide) groups is 1. The standard InChI is InChI=1S/C24H20ClF3N4O3S/c25-17-3-2-15(19(9-17)24(26,27)28)11-32-20-4-1-14(7-16(20)10-29-32)8-21-22(34)30-23(36-21)31-5-6-35-13-18(31)12-33/h1-4,7-10,18,33H,5-6,11-13H2/b21-8-. The maximum atomic E-state index is 13.5. The number of amides is 1. The van der Waals surface area contributed by atoms with Gasteiger partial charge in [0.2, 0.25) is 0 Å². The number of hydrogen-bond donors (Lipinski definition) is 1. The lowest BCUT2D eigenvalue weighted by Gasteiger charge is -2.35. The van der Waals surface area contributed by atoms with E-state index in [0.29, 0.717) is 35.3 Å². The zero-order valence-corrected chi connectivity index (χ0v) is 20.3. The van der Waals surface area contributed by atoms with Gasteiger partial charge in [-0.15, -0.1) is 0 Å². The van der Waals surface area contributed by atoms with Gasteiger partial charge in [0.1, 0.15) is 0 Å². The van der Waals surface area contributed by atoms with Crippen molar-refractivity contribution in [2.24, 2.45) is 4.99 Å². The van der Waals surface area contributed by atoms with Crippen LogP contribution in [0.1, 0.15) is 16.7 Å². The van der Waals surface area contributed by atoms with Crippen molar-refractivity contribution in [3.05, 3.63) is 69.2 Å². The van der Waals surface area contributed by atoms with E-state index >= 15 is 0 Å². The number of nitrogens with zero attached hydrogens (tertiary/aromatic N) is 4. The molecule has 1 amide bonds. The maximum absolute atomic E-state index is 13.5. The second-order valence-electron chi connectivity index (χ2n) is 8.33. The molecule has 0 radical (unpaired) electrons. The summed E-state index contributed by atoms with van der Waals surface area (Å²) < 4.78 is 47.3. The van der Waals surface area contributed by atoms with Crippen LogP contribution in [0.2, 0.25) is 5.02 Å². The van der Waals surface area contributed by atoms with Crippen LogP contribution in [0.25, 0.3) is 17.0 Å². The van der Waals surface area contributed by atoms with Crippen LogP contribution in [-0.4, -0.2) is 63.3 Å². The molecular weight excluding hydrogens is 517 g/mol. The molecule has 0 bridgehead atoms. The highest BCUT2D eigenvalue weighted by Gasteiger charge is 2.34. The van der Waals surface area contributed by atoms with E-state index in [1.54, 1.807) is 24.4 Å². The van der Waals surface area contributed by atoms with Crippen molar-refractivity contribution in [3.63, 3.8) is 0 Å². The predicted molar refractivity (Wildman–Crippen MR) is 132 cm³/mol. The van der Waals surface area contributed by atoms with Gasteiger partial charge < -0.3 is 14.7 Å². The third-order valence-electron chi connectivity index (χ3n) is 5.95. The van der Waals surface area contributed by atoms with Crippen LogP contribution in [0.5, 0.6) is 0 Å². The van der Waals surface area contributed by atoms with Gasteiger partial charge in [0.05, 0.1) is 54.6 Å². The molecule has 2 aliphatic rings. The van der Waals surface area contributed by atoms with Gasteiger partial charge in [-0.3, -0.25) is 9.48 Å². The van der Waals surface area contributed by atoms with Gasteiger partial charge in [-0.05, 0) is 53.2 Å². The fourth-order valence-electron chi connectivity index (χ4n) is 4.16. The first kappa shape index (κ1) is 24.8. The lowest BCUT2D eigenvalue weighted by molar-refractivity contribution is -0.138. The summed E-state index contributed by atoms with van der Waals surface area (Å²) in [6, 6.07) is 8.79. The molecule has 1 fully saturated rings. The van der Waals surface area contributed by atoms with E-state index in [9.17, 15) is 23.1 Å². The summed E-state index contributed by atoms with van der Waals surface area (Å²) in [7, 11) is 0.